The number of carboxylic acids is 1. The van der Waals surface area contributed by atoms with Gasteiger partial charge in [-0.15, -0.1) is 0 Å². The Bertz CT molecular complexity index is 203. The van der Waals surface area contributed by atoms with Gasteiger partial charge in [0.05, 0.1) is 0 Å². The average molecular weight is 306 g/mol. The van der Waals surface area contributed by atoms with Crippen LogP contribution in [0.3, 0.4) is 0 Å². The Kier molecular flexibility index (Phi) is 7.74. The molecule has 1 aliphatic rings. The first-order chi connectivity index (χ1) is 7.38. The van der Waals surface area contributed by atoms with Crippen LogP contribution in [0, 0.1) is 5.92 Å². The lowest BCUT2D eigenvalue weighted by Crippen LogP contribution is -2.27. The van der Waals surface area contributed by atoms with Gasteiger partial charge >= 0.3 is 12.1 Å². The Hall–Kier alpha value is -0.300. The Morgan fingerprint density at radius 2 is 1.81 bits per heavy atom. The zero-order valence-corrected chi connectivity index (χ0v) is 10.3. The molecular weight excluding hydrogens is 291 g/mol. The molecule has 0 bridgehead atoms. The molecule has 1 aliphatic heterocycles. The van der Waals surface area contributed by atoms with Crippen molar-refractivity contribution in [3.8, 4) is 0 Å². The Morgan fingerprint density at radius 3 is 2.12 bits per heavy atom. The molecule has 1 rings (SSSR count). The summed E-state index contributed by atoms with van der Waals surface area (Å²) >= 11 is 3.46. The van der Waals surface area contributed by atoms with E-state index >= 15 is 0 Å². The lowest BCUT2D eigenvalue weighted by molar-refractivity contribution is -0.192. The Balaban J connectivity index is 0.000000293. The number of nitrogens with one attached hydrogen (secondary N) is 1. The minimum Gasteiger partial charge on any atom is -0.475 e. The maximum Gasteiger partial charge on any atom is 0.490 e. The molecule has 0 aromatic carbocycles. The number of carbonyl (C=O) groups is 1. The number of aliphatic carboxylic acids is 1. The summed E-state index contributed by atoms with van der Waals surface area (Å²) in [6.45, 7) is 2.47. The molecule has 0 radical (unpaired) electrons. The summed E-state index contributed by atoms with van der Waals surface area (Å²) in [6, 6.07) is 0. The zero-order valence-electron chi connectivity index (χ0n) is 8.69. The highest BCUT2D eigenvalue weighted by Gasteiger charge is 2.38. The third kappa shape index (κ3) is 7.92. The second kappa shape index (κ2) is 7.89. The van der Waals surface area contributed by atoms with E-state index in [0.717, 1.165) is 5.92 Å². The SMILES string of the molecule is BrCCC1CCNCC1.O=C(O)C(F)(F)F. The van der Waals surface area contributed by atoms with Crippen LogP contribution in [0.15, 0.2) is 0 Å². The van der Waals surface area contributed by atoms with Crippen molar-refractivity contribution in [2.75, 3.05) is 18.4 Å². The highest BCUT2D eigenvalue weighted by Crippen LogP contribution is 2.16. The number of hydrogen-bond donors (Lipinski definition) is 2. The molecule has 7 heteroatoms. The molecular formula is C9H15BrF3NO2. The first-order valence-electron chi connectivity index (χ1n) is 4.94. The zero-order chi connectivity index (χ0) is 12.6. The van der Waals surface area contributed by atoms with Crippen LogP contribution in [0.4, 0.5) is 13.2 Å². The number of piperidine rings is 1. The van der Waals surface area contributed by atoms with E-state index in [1.807, 2.05) is 0 Å². The van der Waals surface area contributed by atoms with Crippen LogP contribution in [0.1, 0.15) is 19.3 Å². The normalized spacial score (nSPS) is 17.5. The van der Waals surface area contributed by atoms with E-state index < -0.39 is 12.1 Å². The maximum atomic E-state index is 10.6. The Morgan fingerprint density at radius 1 is 1.38 bits per heavy atom. The summed E-state index contributed by atoms with van der Waals surface area (Å²) in [5.41, 5.74) is 0. The van der Waals surface area contributed by atoms with Crippen molar-refractivity contribution >= 4 is 21.9 Å². The molecule has 16 heavy (non-hydrogen) atoms. The van der Waals surface area contributed by atoms with Gasteiger partial charge in [0.1, 0.15) is 0 Å². The van der Waals surface area contributed by atoms with Gasteiger partial charge in [0.15, 0.2) is 0 Å². The molecule has 0 atom stereocenters. The molecule has 3 nitrogen and oxygen atoms in total. The van der Waals surface area contributed by atoms with Crippen LogP contribution in [0.2, 0.25) is 0 Å². The molecule has 0 aromatic rings. The van der Waals surface area contributed by atoms with E-state index in [4.69, 9.17) is 9.90 Å². The standard InChI is InChI=1S/C7H14BrN.C2HF3O2/c8-4-1-7-2-5-9-6-3-7;3-2(4,5)1(6)7/h7,9H,1-6H2;(H,6,7). The highest BCUT2D eigenvalue weighted by molar-refractivity contribution is 9.09. The molecule has 1 heterocycles. The third-order valence-electron chi connectivity index (χ3n) is 2.22. The lowest BCUT2D eigenvalue weighted by Gasteiger charge is -2.21. The van der Waals surface area contributed by atoms with E-state index in [1.165, 1.54) is 37.7 Å². The van der Waals surface area contributed by atoms with Gasteiger partial charge in [-0.05, 0) is 38.3 Å². The number of rotatable bonds is 2. The summed E-state index contributed by atoms with van der Waals surface area (Å²) in [7, 11) is 0. The quantitative estimate of drug-likeness (QED) is 0.770. The van der Waals surface area contributed by atoms with Gasteiger partial charge in [-0.3, -0.25) is 0 Å². The summed E-state index contributed by atoms with van der Waals surface area (Å²) in [6.07, 6.45) is -0.959. The number of carboxylic acid groups (broad SMARTS) is 1. The molecule has 0 spiro atoms. The maximum absolute atomic E-state index is 10.6. The van der Waals surface area contributed by atoms with Crippen molar-refractivity contribution in [1.82, 2.24) is 5.32 Å². The van der Waals surface area contributed by atoms with E-state index in [0.29, 0.717) is 0 Å². The molecule has 0 amide bonds. The molecule has 0 unspecified atom stereocenters. The molecule has 0 aromatic heterocycles. The van der Waals surface area contributed by atoms with E-state index in [9.17, 15) is 13.2 Å². The fraction of sp³-hybridized carbons (Fsp3) is 0.889. The van der Waals surface area contributed by atoms with Gasteiger partial charge in [0.25, 0.3) is 0 Å². The highest BCUT2D eigenvalue weighted by atomic mass is 79.9. The molecule has 1 saturated heterocycles. The fourth-order valence-corrected chi connectivity index (χ4v) is 1.97. The smallest absolute Gasteiger partial charge is 0.475 e. The average Bonchev–Trinajstić information content (AvgIpc) is 2.19. The largest absolute Gasteiger partial charge is 0.490 e. The predicted molar refractivity (Wildman–Crippen MR) is 57.7 cm³/mol. The predicted octanol–water partition coefficient (Wildman–Crippen LogP) is 2.40. The summed E-state index contributed by atoms with van der Waals surface area (Å²) in [5, 5.41) is 11.7. The van der Waals surface area contributed by atoms with Gasteiger partial charge in [0, 0.05) is 5.33 Å². The molecule has 0 saturated carbocycles. The molecule has 0 aliphatic carbocycles. The summed E-state index contributed by atoms with van der Waals surface area (Å²) < 4.78 is 31.7. The van der Waals surface area contributed by atoms with Crippen molar-refractivity contribution in [2.24, 2.45) is 5.92 Å². The van der Waals surface area contributed by atoms with Gasteiger partial charge in [-0.1, -0.05) is 15.9 Å². The van der Waals surface area contributed by atoms with E-state index in [-0.39, 0.29) is 0 Å². The van der Waals surface area contributed by atoms with Crippen molar-refractivity contribution in [1.29, 1.82) is 0 Å². The second-order valence-corrected chi connectivity index (χ2v) is 4.27. The van der Waals surface area contributed by atoms with Gasteiger partial charge in [-0.2, -0.15) is 13.2 Å². The molecule has 96 valence electrons. The monoisotopic (exact) mass is 305 g/mol. The van der Waals surface area contributed by atoms with Crippen molar-refractivity contribution < 1.29 is 23.1 Å². The van der Waals surface area contributed by atoms with Crippen LogP contribution < -0.4 is 5.32 Å². The first-order valence-corrected chi connectivity index (χ1v) is 6.07. The van der Waals surface area contributed by atoms with Crippen LogP contribution in [-0.2, 0) is 4.79 Å². The molecule has 2 N–H and O–H groups in total. The number of halogens is 4. The second-order valence-electron chi connectivity index (χ2n) is 3.47. The van der Waals surface area contributed by atoms with Crippen LogP contribution in [0.5, 0.6) is 0 Å². The molecule has 1 fully saturated rings. The van der Waals surface area contributed by atoms with Crippen molar-refractivity contribution in [2.45, 2.75) is 25.4 Å². The minimum absolute atomic E-state index is 0.991. The third-order valence-corrected chi connectivity index (χ3v) is 2.68. The topological polar surface area (TPSA) is 49.3 Å². The van der Waals surface area contributed by atoms with E-state index in [2.05, 4.69) is 21.2 Å². The summed E-state index contributed by atoms with van der Waals surface area (Å²) in [5.74, 6) is -1.77. The number of alkyl halides is 4. The number of hydrogen-bond acceptors (Lipinski definition) is 2. The van der Waals surface area contributed by atoms with Crippen LogP contribution in [-0.4, -0.2) is 35.7 Å². The van der Waals surface area contributed by atoms with Crippen molar-refractivity contribution in [3.05, 3.63) is 0 Å². The fourth-order valence-electron chi connectivity index (χ4n) is 1.32. The van der Waals surface area contributed by atoms with Crippen molar-refractivity contribution in [3.63, 3.8) is 0 Å². The first kappa shape index (κ1) is 15.7. The Labute approximate surface area is 101 Å². The van der Waals surface area contributed by atoms with Gasteiger partial charge < -0.3 is 10.4 Å². The van der Waals surface area contributed by atoms with Gasteiger partial charge in [0.2, 0.25) is 0 Å². The van der Waals surface area contributed by atoms with Crippen LogP contribution in [0.25, 0.3) is 0 Å². The lowest BCUT2D eigenvalue weighted by atomic mass is 9.96. The summed E-state index contributed by atoms with van der Waals surface area (Å²) in [4.78, 5) is 8.90. The van der Waals surface area contributed by atoms with Gasteiger partial charge in [-0.25, -0.2) is 4.79 Å². The van der Waals surface area contributed by atoms with E-state index in [1.54, 1.807) is 0 Å². The van der Waals surface area contributed by atoms with Crippen LogP contribution >= 0.6 is 15.9 Å². The minimum atomic E-state index is -5.08.